The molecule has 2 rings (SSSR count). The number of aromatic hydroxyl groups is 2. The zero-order valence-corrected chi connectivity index (χ0v) is 22.0. The Kier molecular flexibility index (Phi) is 11.4. The summed E-state index contributed by atoms with van der Waals surface area (Å²) >= 11 is 0. The van der Waals surface area contributed by atoms with E-state index in [9.17, 15) is 44.4 Å². The Balaban J connectivity index is 2.29. The van der Waals surface area contributed by atoms with Gasteiger partial charge >= 0.3 is 11.9 Å². The van der Waals surface area contributed by atoms with Crippen LogP contribution in [0.5, 0.6) is 11.5 Å². The number of carboxylic acids is 2. The molecule has 9 N–H and O–H groups in total. The largest absolute Gasteiger partial charge is 0.508 e. The summed E-state index contributed by atoms with van der Waals surface area (Å²) in [7, 11) is 0. The number of amides is 3. The number of hydrogen-bond donors (Lipinski definition) is 8. The molecular formula is C27H34N4O9. The summed E-state index contributed by atoms with van der Waals surface area (Å²) in [5, 5.41) is 45.1. The van der Waals surface area contributed by atoms with Crippen molar-refractivity contribution in [2.45, 2.75) is 57.3 Å². The number of phenols is 2. The monoisotopic (exact) mass is 558 g/mol. The van der Waals surface area contributed by atoms with Crippen molar-refractivity contribution in [3.8, 4) is 11.5 Å². The normalized spacial score (nSPS) is 13.9. The molecule has 0 aliphatic heterocycles. The molecule has 0 saturated heterocycles. The van der Waals surface area contributed by atoms with E-state index in [4.69, 9.17) is 5.73 Å². The second-order valence-electron chi connectivity index (χ2n) is 9.63. The predicted octanol–water partition coefficient (Wildman–Crippen LogP) is -0.120. The number of hydrogen-bond acceptors (Lipinski definition) is 8. The number of rotatable bonds is 14. The van der Waals surface area contributed by atoms with Gasteiger partial charge in [0.05, 0.1) is 12.5 Å². The number of carboxylic acid groups (broad SMARTS) is 2. The lowest BCUT2D eigenvalue weighted by Gasteiger charge is -2.25. The molecule has 4 unspecified atom stereocenters. The molecule has 0 bridgehead atoms. The number of benzene rings is 2. The number of carbonyl (C=O) groups excluding carboxylic acids is 3. The van der Waals surface area contributed by atoms with Crippen LogP contribution in [0.3, 0.4) is 0 Å². The molecule has 40 heavy (non-hydrogen) atoms. The highest BCUT2D eigenvalue weighted by Crippen LogP contribution is 2.14. The van der Waals surface area contributed by atoms with E-state index < -0.39 is 60.2 Å². The predicted molar refractivity (Wildman–Crippen MR) is 142 cm³/mol. The standard InChI is InChI=1S/C27H34N4O9/c1-14(2)23(28)26(38)30-20(13-22(34)35)25(37)29-19(11-15-3-7-17(32)8-4-15)24(36)31-21(27(39)40)12-16-5-9-18(33)10-6-16/h3-10,14,19-21,23,32-33H,11-13,28H2,1-2H3,(H,29,37)(H,30,38)(H,31,36)(H,34,35)(H,39,40). The van der Waals surface area contributed by atoms with Crippen molar-refractivity contribution < 1.29 is 44.4 Å². The minimum Gasteiger partial charge on any atom is -0.508 e. The quantitative estimate of drug-likeness (QED) is 0.153. The maximum absolute atomic E-state index is 13.3. The first kappa shape index (κ1) is 31.6. The van der Waals surface area contributed by atoms with E-state index in [1.165, 1.54) is 48.5 Å². The van der Waals surface area contributed by atoms with Gasteiger partial charge in [0, 0.05) is 12.8 Å². The van der Waals surface area contributed by atoms with Gasteiger partial charge in [-0.2, -0.15) is 0 Å². The topological polar surface area (TPSA) is 228 Å². The molecule has 2 aromatic carbocycles. The summed E-state index contributed by atoms with van der Waals surface area (Å²) in [5.41, 5.74) is 6.81. The van der Waals surface area contributed by atoms with Gasteiger partial charge in [-0.3, -0.25) is 19.2 Å². The van der Waals surface area contributed by atoms with Crippen molar-refractivity contribution >= 4 is 29.7 Å². The van der Waals surface area contributed by atoms with Crippen molar-refractivity contribution in [2.24, 2.45) is 11.7 Å². The Hall–Kier alpha value is -4.65. The van der Waals surface area contributed by atoms with Crippen LogP contribution >= 0.6 is 0 Å². The fourth-order valence-corrected chi connectivity index (χ4v) is 3.64. The van der Waals surface area contributed by atoms with Gasteiger partial charge in [-0.1, -0.05) is 38.1 Å². The van der Waals surface area contributed by atoms with E-state index in [-0.39, 0.29) is 30.3 Å². The average Bonchev–Trinajstić information content (AvgIpc) is 2.88. The van der Waals surface area contributed by atoms with Crippen molar-refractivity contribution in [1.29, 1.82) is 0 Å². The number of nitrogens with two attached hydrogens (primary N) is 1. The van der Waals surface area contributed by atoms with Gasteiger partial charge in [-0.15, -0.1) is 0 Å². The molecular weight excluding hydrogens is 524 g/mol. The minimum atomic E-state index is -1.57. The third kappa shape index (κ3) is 9.91. The Morgan fingerprint density at radius 2 is 1.07 bits per heavy atom. The van der Waals surface area contributed by atoms with Gasteiger partial charge in [0.1, 0.15) is 29.6 Å². The first-order valence-corrected chi connectivity index (χ1v) is 12.4. The molecule has 0 radical (unpaired) electrons. The highest BCUT2D eigenvalue weighted by atomic mass is 16.4. The molecule has 216 valence electrons. The SMILES string of the molecule is CC(C)C(N)C(=O)NC(CC(=O)O)C(=O)NC(Cc1ccc(O)cc1)C(=O)NC(Cc1ccc(O)cc1)C(=O)O. The van der Waals surface area contributed by atoms with Crippen molar-refractivity contribution in [1.82, 2.24) is 16.0 Å². The minimum absolute atomic E-state index is 0.0197. The van der Waals surface area contributed by atoms with Gasteiger partial charge in [-0.25, -0.2) is 4.79 Å². The Labute approximate surface area is 230 Å². The lowest BCUT2D eigenvalue weighted by atomic mass is 10.0. The maximum atomic E-state index is 13.3. The van der Waals surface area contributed by atoms with E-state index in [0.717, 1.165) is 0 Å². The lowest BCUT2D eigenvalue weighted by Crippen LogP contribution is -2.58. The molecule has 2 aromatic rings. The van der Waals surface area contributed by atoms with E-state index in [0.29, 0.717) is 11.1 Å². The smallest absolute Gasteiger partial charge is 0.326 e. The van der Waals surface area contributed by atoms with Crippen molar-refractivity contribution in [3.05, 3.63) is 59.7 Å². The van der Waals surface area contributed by atoms with Gasteiger partial charge in [0.15, 0.2) is 0 Å². The average molecular weight is 559 g/mol. The fourth-order valence-electron chi connectivity index (χ4n) is 3.64. The van der Waals surface area contributed by atoms with Gasteiger partial charge < -0.3 is 42.1 Å². The molecule has 0 saturated carbocycles. The van der Waals surface area contributed by atoms with E-state index in [1.54, 1.807) is 13.8 Å². The molecule has 13 heteroatoms. The van der Waals surface area contributed by atoms with E-state index in [2.05, 4.69) is 16.0 Å². The van der Waals surface area contributed by atoms with Crippen LogP contribution in [0.1, 0.15) is 31.4 Å². The van der Waals surface area contributed by atoms with Crippen LogP contribution in [-0.2, 0) is 36.8 Å². The van der Waals surface area contributed by atoms with Crippen LogP contribution in [0.25, 0.3) is 0 Å². The molecule has 0 aliphatic carbocycles. The molecule has 0 aromatic heterocycles. The van der Waals surface area contributed by atoms with Crippen LogP contribution in [0.15, 0.2) is 48.5 Å². The highest BCUT2D eigenvalue weighted by molar-refractivity contribution is 5.95. The number of nitrogens with one attached hydrogen (secondary N) is 3. The van der Waals surface area contributed by atoms with E-state index in [1.807, 2.05) is 0 Å². The van der Waals surface area contributed by atoms with Gasteiger partial charge in [0.25, 0.3) is 0 Å². The molecule has 0 heterocycles. The first-order valence-electron chi connectivity index (χ1n) is 12.4. The summed E-state index contributed by atoms with van der Waals surface area (Å²) < 4.78 is 0. The Morgan fingerprint density at radius 3 is 1.50 bits per heavy atom. The van der Waals surface area contributed by atoms with Crippen LogP contribution in [0.4, 0.5) is 0 Å². The summed E-state index contributed by atoms with van der Waals surface area (Å²) in [6.45, 7) is 3.34. The summed E-state index contributed by atoms with van der Waals surface area (Å²) in [5.74, 6) is -5.73. The van der Waals surface area contributed by atoms with Crippen LogP contribution in [-0.4, -0.2) is 74.3 Å². The van der Waals surface area contributed by atoms with Crippen molar-refractivity contribution in [2.75, 3.05) is 0 Å². The van der Waals surface area contributed by atoms with Gasteiger partial charge in [-0.05, 0) is 41.3 Å². The van der Waals surface area contributed by atoms with Crippen LogP contribution in [0.2, 0.25) is 0 Å². The first-order chi connectivity index (χ1) is 18.8. The second kappa shape index (κ2) is 14.5. The molecule has 4 atom stereocenters. The zero-order chi connectivity index (χ0) is 30.0. The van der Waals surface area contributed by atoms with Crippen LogP contribution < -0.4 is 21.7 Å². The molecule has 0 aliphatic rings. The summed E-state index contributed by atoms with van der Waals surface area (Å²) in [6.07, 6.45) is -1.08. The number of aliphatic carboxylic acids is 2. The molecule has 0 fully saturated rings. The fraction of sp³-hybridized carbons (Fsp3) is 0.370. The highest BCUT2D eigenvalue weighted by Gasteiger charge is 2.32. The third-order valence-electron chi connectivity index (χ3n) is 6.03. The second-order valence-corrected chi connectivity index (χ2v) is 9.63. The number of carbonyl (C=O) groups is 5. The lowest BCUT2D eigenvalue weighted by molar-refractivity contribution is -0.143. The summed E-state index contributed by atoms with van der Waals surface area (Å²) in [4.78, 5) is 62.2. The van der Waals surface area contributed by atoms with E-state index >= 15 is 0 Å². The number of phenolic OH excluding ortho intramolecular Hbond substituents is 2. The summed E-state index contributed by atoms with van der Waals surface area (Å²) in [6, 6.07) is 6.04. The van der Waals surface area contributed by atoms with Crippen LogP contribution in [0, 0.1) is 5.92 Å². The molecule has 0 spiro atoms. The zero-order valence-electron chi connectivity index (χ0n) is 22.0. The van der Waals surface area contributed by atoms with Gasteiger partial charge in [0.2, 0.25) is 17.7 Å². The Bertz CT molecular complexity index is 1200. The molecule has 13 nitrogen and oxygen atoms in total. The Morgan fingerprint density at radius 1 is 0.675 bits per heavy atom. The molecule has 3 amide bonds. The third-order valence-corrected chi connectivity index (χ3v) is 6.03. The van der Waals surface area contributed by atoms with Crippen molar-refractivity contribution in [3.63, 3.8) is 0 Å². The maximum Gasteiger partial charge on any atom is 0.326 e.